The number of benzene rings is 1. The van der Waals surface area contributed by atoms with Crippen molar-refractivity contribution in [3.8, 4) is 17.2 Å². The van der Waals surface area contributed by atoms with Gasteiger partial charge in [-0.25, -0.2) is 0 Å². The minimum atomic E-state index is 0.0390. The van der Waals surface area contributed by atoms with Crippen LogP contribution in [0.5, 0.6) is 17.2 Å². The number of phenolic OH excluding ortho intramolecular Hbond substituents is 1. The third-order valence-corrected chi connectivity index (χ3v) is 3.25. The number of ether oxygens (including phenoxy) is 4. The summed E-state index contributed by atoms with van der Waals surface area (Å²) in [7, 11) is 0. The zero-order valence-corrected chi connectivity index (χ0v) is 13.4. The van der Waals surface area contributed by atoms with Crippen molar-refractivity contribution in [1.82, 2.24) is 10.6 Å². The van der Waals surface area contributed by atoms with E-state index >= 15 is 0 Å². The lowest BCUT2D eigenvalue weighted by Gasteiger charge is -2.13. The lowest BCUT2D eigenvalue weighted by molar-refractivity contribution is 0.0496. The Morgan fingerprint density at radius 2 is 1.17 bits per heavy atom. The summed E-state index contributed by atoms with van der Waals surface area (Å²) in [4.78, 5) is 0. The Labute approximate surface area is 136 Å². The number of hydrogen-bond donors (Lipinski definition) is 3. The number of phenols is 1. The Morgan fingerprint density at radius 3 is 1.70 bits per heavy atom. The van der Waals surface area contributed by atoms with Gasteiger partial charge in [-0.1, -0.05) is 6.07 Å². The smallest absolute Gasteiger partial charge is 0.200 e. The Morgan fingerprint density at radius 1 is 0.696 bits per heavy atom. The van der Waals surface area contributed by atoms with Gasteiger partial charge in [-0.2, -0.15) is 0 Å². The van der Waals surface area contributed by atoms with Crippen molar-refractivity contribution in [3.05, 3.63) is 18.2 Å². The molecule has 0 saturated carbocycles. The fourth-order valence-electron chi connectivity index (χ4n) is 2.06. The Balaban J connectivity index is 1.84. The van der Waals surface area contributed by atoms with Crippen LogP contribution < -0.4 is 20.1 Å². The molecule has 1 aromatic carbocycles. The highest BCUT2D eigenvalue weighted by Crippen LogP contribution is 2.35. The van der Waals surface area contributed by atoms with Crippen molar-refractivity contribution < 1.29 is 24.1 Å². The van der Waals surface area contributed by atoms with Gasteiger partial charge in [-0.15, -0.1) is 0 Å². The summed E-state index contributed by atoms with van der Waals surface area (Å²) < 4.78 is 22.0. The van der Waals surface area contributed by atoms with Gasteiger partial charge in [-0.05, 0) is 12.1 Å². The minimum absolute atomic E-state index is 0.0390. The summed E-state index contributed by atoms with van der Waals surface area (Å²) in [5.74, 6) is 0.900. The summed E-state index contributed by atoms with van der Waals surface area (Å²) in [6.07, 6.45) is 0. The predicted molar refractivity (Wildman–Crippen MR) is 86.5 cm³/mol. The molecule has 0 aliphatic carbocycles. The van der Waals surface area contributed by atoms with Crippen LogP contribution in [0.1, 0.15) is 0 Å². The average molecular weight is 326 g/mol. The van der Waals surface area contributed by atoms with E-state index in [4.69, 9.17) is 18.9 Å². The highest BCUT2D eigenvalue weighted by molar-refractivity contribution is 5.49. The third-order valence-electron chi connectivity index (χ3n) is 3.25. The quantitative estimate of drug-likeness (QED) is 0.636. The largest absolute Gasteiger partial charge is 0.502 e. The van der Waals surface area contributed by atoms with E-state index in [0.717, 1.165) is 13.1 Å². The molecule has 0 radical (unpaired) electrons. The van der Waals surface area contributed by atoms with Gasteiger partial charge in [0.1, 0.15) is 13.2 Å². The molecule has 0 amide bonds. The molecule has 0 unspecified atom stereocenters. The second-order valence-electron chi connectivity index (χ2n) is 5.02. The van der Waals surface area contributed by atoms with Crippen LogP contribution in [-0.4, -0.2) is 70.9 Å². The van der Waals surface area contributed by atoms with Crippen LogP contribution in [0.15, 0.2) is 18.2 Å². The summed E-state index contributed by atoms with van der Waals surface area (Å²) in [6, 6.07) is 5.25. The zero-order chi connectivity index (χ0) is 16.2. The van der Waals surface area contributed by atoms with E-state index in [9.17, 15) is 5.11 Å². The van der Waals surface area contributed by atoms with Crippen LogP contribution in [0.25, 0.3) is 0 Å². The van der Waals surface area contributed by atoms with Gasteiger partial charge in [0, 0.05) is 26.2 Å². The zero-order valence-electron chi connectivity index (χ0n) is 13.4. The molecule has 0 spiro atoms. The number of nitrogens with one attached hydrogen (secondary N) is 2. The fourth-order valence-corrected chi connectivity index (χ4v) is 2.06. The topological polar surface area (TPSA) is 81.2 Å². The van der Waals surface area contributed by atoms with E-state index in [-0.39, 0.29) is 5.75 Å². The molecule has 0 fully saturated rings. The Bertz CT molecular complexity index is 408. The number of para-hydroxylation sites is 1. The first-order valence-corrected chi connectivity index (χ1v) is 8.02. The number of fused-ring (bicyclic) bond motifs is 2. The number of aromatic hydroxyl groups is 1. The summed E-state index contributed by atoms with van der Waals surface area (Å²) in [5, 5.41) is 16.6. The Kier molecular flexibility index (Phi) is 8.57. The fraction of sp³-hybridized carbons (Fsp3) is 0.625. The molecule has 130 valence electrons. The number of rotatable bonds is 0. The summed E-state index contributed by atoms with van der Waals surface area (Å²) in [6.45, 7) is 6.24. The van der Waals surface area contributed by atoms with Gasteiger partial charge in [0.05, 0.1) is 26.4 Å². The molecule has 7 nitrogen and oxygen atoms in total. The Hall–Kier alpha value is -1.54. The predicted octanol–water partition coefficient (Wildman–Crippen LogP) is 0.376. The van der Waals surface area contributed by atoms with Crippen LogP contribution in [0.4, 0.5) is 0 Å². The van der Waals surface area contributed by atoms with E-state index < -0.39 is 0 Å². The standard InChI is InChI=1S/C16H26N2O5/c19-16-14-2-1-3-15(16)23-11-7-18-5-9-21-13-12-20-8-4-17-6-10-22-14/h1-3,17-19H,4-13H2. The summed E-state index contributed by atoms with van der Waals surface area (Å²) in [5.41, 5.74) is 0. The normalized spacial score (nSPS) is 19.5. The first-order valence-electron chi connectivity index (χ1n) is 8.02. The molecular formula is C16H26N2O5. The van der Waals surface area contributed by atoms with Crippen LogP contribution in [0, 0.1) is 0 Å². The number of hydrogen-bond acceptors (Lipinski definition) is 7. The molecule has 1 aliphatic heterocycles. The van der Waals surface area contributed by atoms with Crippen LogP contribution in [0.3, 0.4) is 0 Å². The van der Waals surface area contributed by atoms with E-state index in [1.54, 1.807) is 18.2 Å². The van der Waals surface area contributed by atoms with Crippen molar-refractivity contribution in [2.75, 3.05) is 65.8 Å². The van der Waals surface area contributed by atoms with Gasteiger partial charge in [0.15, 0.2) is 11.5 Å². The lowest BCUT2D eigenvalue weighted by Crippen LogP contribution is -2.26. The van der Waals surface area contributed by atoms with Crippen molar-refractivity contribution in [2.24, 2.45) is 0 Å². The van der Waals surface area contributed by atoms with E-state index in [1.807, 2.05) is 0 Å². The molecule has 2 bridgehead atoms. The second kappa shape index (κ2) is 11.1. The molecule has 7 heteroatoms. The minimum Gasteiger partial charge on any atom is -0.502 e. The molecule has 3 N–H and O–H groups in total. The maximum Gasteiger partial charge on any atom is 0.200 e. The maximum absolute atomic E-state index is 10.1. The van der Waals surface area contributed by atoms with Gasteiger partial charge in [-0.3, -0.25) is 0 Å². The monoisotopic (exact) mass is 326 g/mol. The van der Waals surface area contributed by atoms with Crippen LogP contribution in [0.2, 0.25) is 0 Å². The van der Waals surface area contributed by atoms with Crippen molar-refractivity contribution >= 4 is 0 Å². The maximum atomic E-state index is 10.1. The molecule has 23 heavy (non-hydrogen) atoms. The average Bonchev–Trinajstić information content (AvgIpc) is 2.56. The van der Waals surface area contributed by atoms with Crippen molar-refractivity contribution in [1.29, 1.82) is 0 Å². The van der Waals surface area contributed by atoms with Gasteiger partial charge in [0.25, 0.3) is 0 Å². The molecule has 2 rings (SSSR count). The van der Waals surface area contributed by atoms with Gasteiger partial charge >= 0.3 is 0 Å². The highest BCUT2D eigenvalue weighted by Gasteiger charge is 2.09. The van der Waals surface area contributed by atoms with Gasteiger partial charge < -0.3 is 34.7 Å². The van der Waals surface area contributed by atoms with Crippen molar-refractivity contribution in [3.63, 3.8) is 0 Å². The lowest BCUT2D eigenvalue weighted by atomic mass is 10.3. The molecule has 0 atom stereocenters. The van der Waals surface area contributed by atoms with E-state index in [2.05, 4.69) is 10.6 Å². The van der Waals surface area contributed by atoms with E-state index in [0.29, 0.717) is 64.2 Å². The SMILES string of the molecule is Oc1c2cccc1OCCNCCOCCOCCNCCO2. The van der Waals surface area contributed by atoms with Gasteiger partial charge in [0.2, 0.25) is 5.75 Å². The second-order valence-corrected chi connectivity index (χ2v) is 5.02. The van der Waals surface area contributed by atoms with Crippen LogP contribution >= 0.6 is 0 Å². The molecule has 1 aliphatic rings. The third kappa shape index (κ3) is 7.04. The summed E-state index contributed by atoms with van der Waals surface area (Å²) >= 11 is 0. The molecule has 0 saturated heterocycles. The molecule has 1 aromatic rings. The first kappa shape index (κ1) is 17.8. The molecular weight excluding hydrogens is 300 g/mol. The van der Waals surface area contributed by atoms with Crippen LogP contribution in [-0.2, 0) is 9.47 Å². The molecule has 1 heterocycles. The first-order chi connectivity index (χ1) is 11.4. The van der Waals surface area contributed by atoms with Crippen molar-refractivity contribution in [2.45, 2.75) is 0 Å². The molecule has 0 aromatic heterocycles. The highest BCUT2D eigenvalue weighted by atomic mass is 16.5. The van der Waals surface area contributed by atoms with E-state index in [1.165, 1.54) is 0 Å².